The molecule has 2 radical (unpaired) electrons. The third kappa shape index (κ3) is 33.2. The average molecular weight is 512 g/mol. The van der Waals surface area contributed by atoms with Crippen molar-refractivity contribution in [2.75, 3.05) is 0 Å². The molecule has 31 heavy (non-hydrogen) atoms. The molecule has 2 nitrogen and oxygen atoms in total. The Labute approximate surface area is 233 Å². The molecule has 182 valence electrons. The van der Waals surface area contributed by atoms with Crippen LogP contribution in [0.1, 0.15) is 174 Å². The Morgan fingerprint density at radius 1 is 0.419 bits per heavy atom. The van der Waals surface area contributed by atoms with Crippen LogP contribution >= 0.6 is 0 Å². The van der Waals surface area contributed by atoms with Crippen molar-refractivity contribution in [1.29, 1.82) is 0 Å². The van der Waals surface area contributed by atoms with Gasteiger partial charge in [0, 0.05) is 51.9 Å². The molecule has 0 unspecified atom stereocenters. The van der Waals surface area contributed by atoms with E-state index in [4.69, 9.17) is 5.11 Å². The zero-order valence-corrected chi connectivity index (χ0v) is 24.9. The number of hydrogen-bond acceptors (Lipinski definition) is 1. The molecule has 0 saturated heterocycles. The van der Waals surface area contributed by atoms with Gasteiger partial charge < -0.3 is 5.11 Å². The first kappa shape index (κ1) is 34.1. The summed E-state index contributed by atoms with van der Waals surface area (Å²) in [7, 11) is 0. The Kier molecular flexibility index (Phi) is 34.1. The minimum atomic E-state index is -0.649. The second kappa shape index (κ2) is 31.0. The van der Waals surface area contributed by atoms with Crippen LogP contribution in [0.4, 0.5) is 0 Å². The standard InChI is InChI=1S/C28H56O2.Sr/c1-2-3-4-5-6-7-8-9-10-11-12-13-14-15-16-17-18-19-20-21-22-23-24-25-26-27-28(29)30;/h2-27H2,1H3,(H,29,30);. The summed E-state index contributed by atoms with van der Waals surface area (Å²) in [5, 5.41) is 8.60. The van der Waals surface area contributed by atoms with Gasteiger partial charge in [-0.2, -0.15) is 0 Å². The van der Waals surface area contributed by atoms with Crippen LogP contribution < -0.4 is 0 Å². The van der Waals surface area contributed by atoms with E-state index in [0.717, 1.165) is 12.8 Å². The summed E-state index contributed by atoms with van der Waals surface area (Å²) in [5.41, 5.74) is 0. The summed E-state index contributed by atoms with van der Waals surface area (Å²) >= 11 is 0. The molecule has 0 atom stereocenters. The quantitative estimate of drug-likeness (QED) is 0.0925. The predicted molar refractivity (Wildman–Crippen MR) is 139 cm³/mol. The zero-order valence-electron chi connectivity index (χ0n) is 21.4. The van der Waals surface area contributed by atoms with Crippen LogP contribution in [0.5, 0.6) is 0 Å². The maximum absolute atomic E-state index is 10.4. The summed E-state index contributed by atoms with van der Waals surface area (Å²) in [5.74, 6) is -0.649. The molecule has 0 amide bonds. The van der Waals surface area contributed by atoms with Gasteiger partial charge in [-0.1, -0.05) is 161 Å². The molecule has 3 heteroatoms. The van der Waals surface area contributed by atoms with Gasteiger partial charge >= 0.3 is 5.97 Å². The molecular formula is C28H56O2Sr. The predicted octanol–water partition coefficient (Wildman–Crippen LogP) is 9.85. The summed E-state index contributed by atoms with van der Waals surface area (Å²) in [6.07, 6.45) is 35.0. The first-order chi connectivity index (χ1) is 14.8. The molecule has 0 spiro atoms. The van der Waals surface area contributed by atoms with Gasteiger partial charge in [-0.3, -0.25) is 4.79 Å². The molecule has 0 fully saturated rings. The maximum atomic E-state index is 10.4. The van der Waals surface area contributed by atoms with Crippen LogP contribution in [0.3, 0.4) is 0 Å². The molecule has 0 aliphatic heterocycles. The second-order valence-electron chi connectivity index (χ2n) is 9.63. The van der Waals surface area contributed by atoms with E-state index in [2.05, 4.69) is 6.92 Å². The summed E-state index contributed by atoms with van der Waals surface area (Å²) in [6, 6.07) is 0. The van der Waals surface area contributed by atoms with Gasteiger partial charge in [-0.05, 0) is 6.42 Å². The molecular weight excluding hydrogens is 456 g/mol. The van der Waals surface area contributed by atoms with Crippen molar-refractivity contribution >= 4 is 51.5 Å². The van der Waals surface area contributed by atoms with Crippen LogP contribution in [-0.4, -0.2) is 56.6 Å². The number of unbranched alkanes of at least 4 members (excludes halogenated alkanes) is 24. The molecule has 0 heterocycles. The number of carboxylic acid groups (broad SMARTS) is 1. The van der Waals surface area contributed by atoms with E-state index in [-0.39, 0.29) is 45.5 Å². The van der Waals surface area contributed by atoms with Crippen LogP contribution in [0.15, 0.2) is 0 Å². The molecule has 0 aliphatic rings. The van der Waals surface area contributed by atoms with E-state index in [0.29, 0.717) is 6.42 Å². The van der Waals surface area contributed by atoms with Gasteiger partial charge in [0.2, 0.25) is 0 Å². The van der Waals surface area contributed by atoms with E-state index < -0.39 is 5.97 Å². The fraction of sp³-hybridized carbons (Fsp3) is 0.964. The van der Waals surface area contributed by atoms with Crippen molar-refractivity contribution in [1.82, 2.24) is 0 Å². The molecule has 0 rings (SSSR count). The first-order valence-electron chi connectivity index (χ1n) is 14.0. The normalized spacial score (nSPS) is 10.9. The second-order valence-corrected chi connectivity index (χ2v) is 9.63. The molecule has 0 saturated carbocycles. The van der Waals surface area contributed by atoms with Crippen molar-refractivity contribution in [3.05, 3.63) is 0 Å². The van der Waals surface area contributed by atoms with E-state index in [1.54, 1.807) is 0 Å². The third-order valence-electron chi connectivity index (χ3n) is 6.49. The molecule has 0 aromatic heterocycles. The summed E-state index contributed by atoms with van der Waals surface area (Å²) in [4.78, 5) is 10.4. The van der Waals surface area contributed by atoms with Crippen molar-refractivity contribution in [2.24, 2.45) is 0 Å². The molecule has 0 aromatic rings. The Morgan fingerprint density at radius 3 is 0.806 bits per heavy atom. The molecule has 0 bridgehead atoms. The Morgan fingerprint density at radius 2 is 0.613 bits per heavy atom. The van der Waals surface area contributed by atoms with Gasteiger partial charge in [0.05, 0.1) is 0 Å². The number of aliphatic carboxylic acids is 1. The van der Waals surface area contributed by atoms with Crippen LogP contribution in [0, 0.1) is 0 Å². The van der Waals surface area contributed by atoms with Gasteiger partial charge in [0.1, 0.15) is 0 Å². The number of rotatable bonds is 26. The smallest absolute Gasteiger partial charge is 0.303 e. The van der Waals surface area contributed by atoms with E-state index in [9.17, 15) is 4.79 Å². The fourth-order valence-electron chi connectivity index (χ4n) is 4.42. The largest absolute Gasteiger partial charge is 0.481 e. The van der Waals surface area contributed by atoms with Gasteiger partial charge in [0.25, 0.3) is 0 Å². The van der Waals surface area contributed by atoms with Gasteiger partial charge in [0.15, 0.2) is 0 Å². The summed E-state index contributed by atoms with van der Waals surface area (Å²) in [6.45, 7) is 2.29. The fourth-order valence-corrected chi connectivity index (χ4v) is 4.42. The molecule has 1 N–H and O–H groups in total. The topological polar surface area (TPSA) is 37.3 Å². The Hall–Kier alpha value is 0.951. The van der Waals surface area contributed by atoms with Gasteiger partial charge in [-0.25, -0.2) is 0 Å². The maximum Gasteiger partial charge on any atom is 0.303 e. The molecule has 0 aliphatic carbocycles. The van der Waals surface area contributed by atoms with Crippen LogP contribution in [-0.2, 0) is 4.79 Å². The SMILES string of the molecule is CCCCCCCCCCCCCCCCCCCCCCCCCCCC(=O)O.[Sr]. The average Bonchev–Trinajstić information content (AvgIpc) is 2.73. The van der Waals surface area contributed by atoms with Crippen LogP contribution in [0.25, 0.3) is 0 Å². The van der Waals surface area contributed by atoms with Crippen molar-refractivity contribution in [3.63, 3.8) is 0 Å². The van der Waals surface area contributed by atoms with E-state index >= 15 is 0 Å². The van der Waals surface area contributed by atoms with E-state index in [1.165, 1.54) is 148 Å². The third-order valence-corrected chi connectivity index (χ3v) is 6.49. The van der Waals surface area contributed by atoms with Gasteiger partial charge in [-0.15, -0.1) is 0 Å². The van der Waals surface area contributed by atoms with E-state index in [1.807, 2.05) is 0 Å². The number of carbonyl (C=O) groups is 1. The number of carboxylic acids is 1. The van der Waals surface area contributed by atoms with Crippen LogP contribution in [0.2, 0.25) is 0 Å². The van der Waals surface area contributed by atoms with Crippen molar-refractivity contribution < 1.29 is 9.90 Å². The summed E-state index contributed by atoms with van der Waals surface area (Å²) < 4.78 is 0. The Bertz CT molecular complexity index is 333. The zero-order chi connectivity index (χ0) is 22.0. The van der Waals surface area contributed by atoms with Crippen molar-refractivity contribution in [3.8, 4) is 0 Å². The number of hydrogen-bond donors (Lipinski definition) is 1. The Balaban J connectivity index is 0. The first-order valence-corrected chi connectivity index (χ1v) is 14.0. The monoisotopic (exact) mass is 512 g/mol. The van der Waals surface area contributed by atoms with Crippen molar-refractivity contribution in [2.45, 2.75) is 174 Å². The minimum absolute atomic E-state index is 0. The molecule has 0 aromatic carbocycles. The minimum Gasteiger partial charge on any atom is -0.481 e.